The Labute approximate surface area is 102 Å². The Kier molecular flexibility index (Phi) is 3.12. The van der Waals surface area contributed by atoms with Crippen molar-refractivity contribution in [3.8, 4) is 0 Å². The summed E-state index contributed by atoms with van der Waals surface area (Å²) in [7, 11) is 0. The molecule has 1 atom stereocenters. The van der Waals surface area contributed by atoms with Crippen LogP contribution in [0, 0.1) is 0 Å². The molecule has 0 saturated heterocycles. The van der Waals surface area contributed by atoms with Crippen LogP contribution in [0.2, 0.25) is 0 Å². The molecule has 0 heterocycles. The van der Waals surface area contributed by atoms with Gasteiger partial charge in [0.05, 0.1) is 0 Å². The van der Waals surface area contributed by atoms with E-state index in [-0.39, 0.29) is 0 Å². The van der Waals surface area contributed by atoms with E-state index in [4.69, 9.17) is 0 Å². The number of aliphatic hydroxyl groups is 1. The van der Waals surface area contributed by atoms with E-state index in [0.717, 1.165) is 10.9 Å². The van der Waals surface area contributed by atoms with Gasteiger partial charge in [0, 0.05) is 6.42 Å². The van der Waals surface area contributed by atoms with Crippen molar-refractivity contribution in [2.75, 3.05) is 0 Å². The zero-order valence-corrected chi connectivity index (χ0v) is 9.76. The number of benzene rings is 2. The molecule has 1 nitrogen and oxygen atoms in total. The van der Waals surface area contributed by atoms with Crippen LogP contribution in [0.1, 0.15) is 12.0 Å². The Balaban J connectivity index is 2.55. The highest BCUT2D eigenvalue weighted by atomic mass is 16.3. The number of hydrogen-bond donors (Lipinski definition) is 1. The first kappa shape index (κ1) is 11.6. The van der Waals surface area contributed by atoms with Crippen LogP contribution in [0.15, 0.2) is 67.8 Å². The van der Waals surface area contributed by atoms with Gasteiger partial charge in [-0.3, -0.25) is 0 Å². The van der Waals surface area contributed by atoms with Crippen molar-refractivity contribution >= 4 is 10.8 Å². The van der Waals surface area contributed by atoms with Crippen molar-refractivity contribution in [1.29, 1.82) is 0 Å². The van der Waals surface area contributed by atoms with Crippen molar-refractivity contribution in [1.82, 2.24) is 0 Å². The maximum atomic E-state index is 10.5. The lowest BCUT2D eigenvalue weighted by Crippen LogP contribution is -2.21. The second-order valence-electron chi connectivity index (χ2n) is 4.18. The number of fused-ring (bicyclic) bond motifs is 1. The van der Waals surface area contributed by atoms with Crippen LogP contribution in [0.5, 0.6) is 0 Å². The topological polar surface area (TPSA) is 20.2 Å². The van der Waals surface area contributed by atoms with Crippen LogP contribution in [-0.4, -0.2) is 5.11 Å². The predicted molar refractivity (Wildman–Crippen MR) is 72.9 cm³/mol. The SMILES string of the molecule is C=CCC(O)(C=C)c1ccc2ccccc2c1. The molecule has 0 bridgehead atoms. The first-order valence-electron chi connectivity index (χ1n) is 5.66. The van der Waals surface area contributed by atoms with Gasteiger partial charge in [0.25, 0.3) is 0 Å². The van der Waals surface area contributed by atoms with Crippen molar-refractivity contribution in [3.63, 3.8) is 0 Å². The highest BCUT2D eigenvalue weighted by Crippen LogP contribution is 2.29. The lowest BCUT2D eigenvalue weighted by Gasteiger charge is -2.23. The van der Waals surface area contributed by atoms with Gasteiger partial charge in [-0.1, -0.05) is 55.1 Å². The van der Waals surface area contributed by atoms with Crippen LogP contribution in [0.25, 0.3) is 10.8 Å². The average molecular weight is 224 g/mol. The van der Waals surface area contributed by atoms with Crippen LogP contribution in [-0.2, 0) is 5.60 Å². The number of hydrogen-bond acceptors (Lipinski definition) is 1. The van der Waals surface area contributed by atoms with Crippen LogP contribution in [0.3, 0.4) is 0 Å². The molecule has 86 valence electrons. The molecule has 17 heavy (non-hydrogen) atoms. The van der Waals surface area contributed by atoms with Crippen molar-refractivity contribution in [2.45, 2.75) is 12.0 Å². The third-order valence-electron chi connectivity index (χ3n) is 3.04. The summed E-state index contributed by atoms with van der Waals surface area (Å²) >= 11 is 0. The molecule has 0 amide bonds. The lowest BCUT2D eigenvalue weighted by atomic mass is 9.89. The van der Waals surface area contributed by atoms with Gasteiger partial charge >= 0.3 is 0 Å². The minimum atomic E-state index is -1.02. The molecule has 0 fully saturated rings. The molecule has 0 aliphatic rings. The van der Waals surface area contributed by atoms with Crippen LogP contribution in [0.4, 0.5) is 0 Å². The molecular weight excluding hydrogens is 208 g/mol. The van der Waals surface area contributed by atoms with Crippen molar-refractivity contribution < 1.29 is 5.11 Å². The van der Waals surface area contributed by atoms with Gasteiger partial charge in [0.1, 0.15) is 5.60 Å². The number of rotatable bonds is 4. The third kappa shape index (κ3) is 2.15. The summed E-state index contributed by atoms with van der Waals surface area (Å²) in [4.78, 5) is 0. The zero-order chi connectivity index (χ0) is 12.3. The Morgan fingerprint density at radius 1 is 1.06 bits per heavy atom. The summed E-state index contributed by atoms with van der Waals surface area (Å²) in [6, 6.07) is 14.0. The summed E-state index contributed by atoms with van der Waals surface area (Å²) in [6.45, 7) is 7.38. The molecule has 0 spiro atoms. The lowest BCUT2D eigenvalue weighted by molar-refractivity contribution is 0.0935. The second-order valence-corrected chi connectivity index (χ2v) is 4.18. The fraction of sp³-hybridized carbons (Fsp3) is 0.125. The largest absolute Gasteiger partial charge is 0.381 e. The Morgan fingerprint density at radius 2 is 1.76 bits per heavy atom. The Morgan fingerprint density at radius 3 is 2.41 bits per heavy atom. The maximum Gasteiger partial charge on any atom is 0.111 e. The van der Waals surface area contributed by atoms with E-state index in [0.29, 0.717) is 6.42 Å². The molecule has 1 unspecified atom stereocenters. The first-order chi connectivity index (χ1) is 8.19. The van der Waals surface area contributed by atoms with Gasteiger partial charge < -0.3 is 5.11 Å². The van der Waals surface area contributed by atoms with Gasteiger partial charge in [-0.15, -0.1) is 6.58 Å². The second kappa shape index (κ2) is 4.56. The van der Waals surface area contributed by atoms with E-state index >= 15 is 0 Å². The molecule has 0 aliphatic carbocycles. The Hall–Kier alpha value is -1.86. The Bertz CT molecular complexity index is 556. The van der Waals surface area contributed by atoms with Gasteiger partial charge in [-0.2, -0.15) is 0 Å². The van der Waals surface area contributed by atoms with Gasteiger partial charge in [0.2, 0.25) is 0 Å². The van der Waals surface area contributed by atoms with Crippen LogP contribution >= 0.6 is 0 Å². The van der Waals surface area contributed by atoms with Crippen molar-refractivity contribution in [3.05, 3.63) is 73.3 Å². The fourth-order valence-corrected chi connectivity index (χ4v) is 2.00. The molecule has 0 aliphatic heterocycles. The summed E-state index contributed by atoms with van der Waals surface area (Å²) < 4.78 is 0. The normalized spacial score (nSPS) is 14.2. The quantitative estimate of drug-likeness (QED) is 0.783. The van der Waals surface area contributed by atoms with E-state index in [1.807, 2.05) is 36.4 Å². The first-order valence-corrected chi connectivity index (χ1v) is 5.66. The summed E-state index contributed by atoms with van der Waals surface area (Å²) in [5.41, 5.74) is -0.169. The molecule has 2 aromatic rings. The average Bonchev–Trinajstić information content (AvgIpc) is 2.38. The highest BCUT2D eigenvalue weighted by Gasteiger charge is 2.23. The molecule has 0 saturated carbocycles. The highest BCUT2D eigenvalue weighted by molar-refractivity contribution is 5.83. The monoisotopic (exact) mass is 224 g/mol. The molecule has 1 N–H and O–H groups in total. The van der Waals surface area contributed by atoms with E-state index in [1.165, 1.54) is 5.39 Å². The zero-order valence-electron chi connectivity index (χ0n) is 9.76. The van der Waals surface area contributed by atoms with Crippen molar-refractivity contribution in [2.24, 2.45) is 0 Å². The molecule has 2 rings (SSSR count). The summed E-state index contributed by atoms with van der Waals surface area (Å²) in [5, 5.41) is 12.7. The van der Waals surface area contributed by atoms with E-state index in [1.54, 1.807) is 12.2 Å². The molecule has 0 radical (unpaired) electrons. The fourth-order valence-electron chi connectivity index (χ4n) is 2.00. The standard InChI is InChI=1S/C16H16O/c1-3-11-16(17,4-2)15-10-9-13-7-5-6-8-14(13)12-15/h3-10,12,17H,1-2,11H2. The molecule has 1 heteroatoms. The molecule has 2 aromatic carbocycles. The van der Waals surface area contributed by atoms with Gasteiger partial charge in [-0.25, -0.2) is 0 Å². The molecule has 0 aromatic heterocycles. The van der Waals surface area contributed by atoms with Crippen LogP contribution < -0.4 is 0 Å². The van der Waals surface area contributed by atoms with Gasteiger partial charge in [-0.05, 0) is 22.4 Å². The minimum absolute atomic E-state index is 0.467. The maximum absolute atomic E-state index is 10.5. The van der Waals surface area contributed by atoms with E-state index < -0.39 is 5.60 Å². The third-order valence-corrected chi connectivity index (χ3v) is 3.04. The summed E-state index contributed by atoms with van der Waals surface area (Å²) in [5.74, 6) is 0. The summed E-state index contributed by atoms with van der Waals surface area (Å²) in [6.07, 6.45) is 3.74. The van der Waals surface area contributed by atoms with E-state index in [2.05, 4.69) is 19.2 Å². The minimum Gasteiger partial charge on any atom is -0.381 e. The molecular formula is C16H16O. The smallest absolute Gasteiger partial charge is 0.111 e. The predicted octanol–water partition coefficient (Wildman–Crippen LogP) is 3.79. The van der Waals surface area contributed by atoms with E-state index in [9.17, 15) is 5.11 Å². The van der Waals surface area contributed by atoms with Gasteiger partial charge in [0.15, 0.2) is 0 Å².